The number of benzene rings is 1. The summed E-state index contributed by atoms with van der Waals surface area (Å²) in [5.41, 5.74) is 0.614. The summed E-state index contributed by atoms with van der Waals surface area (Å²) >= 11 is 0. The molecule has 1 saturated heterocycles. The number of phenols is 1. The van der Waals surface area contributed by atoms with Crippen molar-refractivity contribution in [2.45, 2.75) is 0 Å². The van der Waals surface area contributed by atoms with Crippen molar-refractivity contribution in [3.05, 3.63) is 24.3 Å². The molecule has 0 bridgehead atoms. The van der Waals surface area contributed by atoms with Crippen molar-refractivity contribution < 1.29 is 9.90 Å². The fourth-order valence-electron chi connectivity index (χ4n) is 1.65. The number of phenolic OH excluding ortho intramolecular Hbond substituents is 1. The number of aromatic hydroxyl groups is 1. The molecule has 2 rings (SSSR count). The van der Waals surface area contributed by atoms with Crippen LogP contribution in [0.5, 0.6) is 5.75 Å². The third-order valence-corrected chi connectivity index (χ3v) is 2.50. The molecule has 1 fully saturated rings. The topological polar surface area (TPSA) is 64.6 Å². The van der Waals surface area contributed by atoms with Crippen LogP contribution in [-0.4, -0.2) is 42.2 Å². The smallest absolute Gasteiger partial charge is 0.321 e. The summed E-state index contributed by atoms with van der Waals surface area (Å²) in [5, 5.41) is 15.2. The second-order valence-electron chi connectivity index (χ2n) is 3.72. The van der Waals surface area contributed by atoms with Gasteiger partial charge in [0.05, 0.1) is 0 Å². The lowest BCUT2D eigenvalue weighted by Gasteiger charge is -2.27. The fraction of sp³-hybridized carbons (Fsp3) is 0.364. The third-order valence-electron chi connectivity index (χ3n) is 2.50. The summed E-state index contributed by atoms with van der Waals surface area (Å²) in [6.07, 6.45) is 0. The number of hydrogen-bond donors (Lipinski definition) is 3. The van der Waals surface area contributed by atoms with E-state index in [1.54, 1.807) is 23.1 Å². The molecule has 0 atom stereocenters. The van der Waals surface area contributed by atoms with Gasteiger partial charge in [0.2, 0.25) is 0 Å². The number of urea groups is 1. The average Bonchev–Trinajstić information content (AvgIpc) is 2.30. The first-order chi connectivity index (χ1) is 7.75. The standard InChI is InChI=1S/C11H15N3O2/c15-10-3-1-2-9(8-10)13-11(16)14-6-4-12-5-7-14/h1-3,8,12,15H,4-7H2,(H,13,16). The summed E-state index contributed by atoms with van der Waals surface area (Å²) in [6, 6.07) is 6.43. The van der Waals surface area contributed by atoms with Crippen LogP contribution in [0.3, 0.4) is 0 Å². The normalized spacial score (nSPS) is 15.9. The van der Waals surface area contributed by atoms with E-state index in [-0.39, 0.29) is 11.8 Å². The molecule has 1 aliphatic heterocycles. The lowest BCUT2D eigenvalue weighted by molar-refractivity contribution is 0.204. The Balaban J connectivity index is 1.96. The molecular weight excluding hydrogens is 206 g/mol. The molecule has 0 saturated carbocycles. The number of nitrogens with one attached hydrogen (secondary N) is 2. The van der Waals surface area contributed by atoms with Gasteiger partial charge >= 0.3 is 6.03 Å². The minimum Gasteiger partial charge on any atom is -0.508 e. The van der Waals surface area contributed by atoms with Crippen molar-refractivity contribution in [1.29, 1.82) is 0 Å². The Morgan fingerprint density at radius 3 is 2.81 bits per heavy atom. The Hall–Kier alpha value is -1.75. The highest BCUT2D eigenvalue weighted by atomic mass is 16.3. The molecule has 2 amide bonds. The molecule has 0 unspecified atom stereocenters. The quantitative estimate of drug-likeness (QED) is 0.658. The summed E-state index contributed by atoms with van der Waals surface area (Å²) in [4.78, 5) is 13.5. The van der Waals surface area contributed by atoms with Gasteiger partial charge in [0.1, 0.15) is 5.75 Å². The van der Waals surface area contributed by atoms with Crippen molar-refractivity contribution in [2.24, 2.45) is 0 Å². The molecule has 86 valence electrons. The van der Waals surface area contributed by atoms with Crippen molar-refractivity contribution in [2.75, 3.05) is 31.5 Å². The lowest BCUT2D eigenvalue weighted by atomic mass is 10.3. The zero-order valence-corrected chi connectivity index (χ0v) is 8.94. The van der Waals surface area contributed by atoms with Gasteiger partial charge in [-0.1, -0.05) is 6.07 Å². The van der Waals surface area contributed by atoms with Crippen molar-refractivity contribution in [3.8, 4) is 5.75 Å². The Bertz CT molecular complexity index is 375. The predicted molar refractivity (Wildman–Crippen MR) is 61.6 cm³/mol. The van der Waals surface area contributed by atoms with Gasteiger partial charge in [0.15, 0.2) is 0 Å². The maximum Gasteiger partial charge on any atom is 0.321 e. The number of anilines is 1. The Morgan fingerprint density at radius 1 is 1.38 bits per heavy atom. The van der Waals surface area contributed by atoms with E-state index in [0.717, 1.165) is 13.1 Å². The number of nitrogens with zero attached hydrogens (tertiary/aromatic N) is 1. The molecule has 1 aliphatic rings. The van der Waals surface area contributed by atoms with Gasteiger partial charge in [0, 0.05) is 37.9 Å². The van der Waals surface area contributed by atoms with Crippen LogP contribution >= 0.6 is 0 Å². The molecule has 3 N–H and O–H groups in total. The van der Waals surface area contributed by atoms with Gasteiger partial charge in [-0.2, -0.15) is 0 Å². The van der Waals surface area contributed by atoms with E-state index in [4.69, 9.17) is 0 Å². The maximum absolute atomic E-state index is 11.8. The van der Waals surface area contributed by atoms with Crippen molar-refractivity contribution >= 4 is 11.7 Å². The minimum absolute atomic E-state index is 0.118. The SMILES string of the molecule is O=C(Nc1cccc(O)c1)N1CCNCC1. The highest BCUT2D eigenvalue weighted by Crippen LogP contribution is 2.15. The van der Waals surface area contributed by atoms with Gasteiger partial charge in [-0.05, 0) is 12.1 Å². The predicted octanol–water partition coefficient (Wildman–Crippen LogP) is 0.829. The fourth-order valence-corrected chi connectivity index (χ4v) is 1.65. The van der Waals surface area contributed by atoms with E-state index in [1.807, 2.05) is 0 Å². The molecular formula is C11H15N3O2. The van der Waals surface area contributed by atoms with Crippen molar-refractivity contribution in [1.82, 2.24) is 10.2 Å². The third kappa shape index (κ3) is 2.64. The Labute approximate surface area is 94.1 Å². The highest BCUT2D eigenvalue weighted by Gasteiger charge is 2.15. The maximum atomic E-state index is 11.8. The number of rotatable bonds is 1. The van der Waals surface area contributed by atoms with Crippen LogP contribution in [0.15, 0.2) is 24.3 Å². The van der Waals surface area contributed by atoms with Gasteiger partial charge in [0.25, 0.3) is 0 Å². The van der Waals surface area contributed by atoms with E-state index in [0.29, 0.717) is 18.8 Å². The van der Waals surface area contributed by atoms with Crippen LogP contribution in [0.2, 0.25) is 0 Å². The molecule has 1 aromatic rings. The Morgan fingerprint density at radius 2 is 2.12 bits per heavy atom. The molecule has 0 radical (unpaired) electrons. The number of amides is 2. The summed E-state index contributed by atoms with van der Waals surface area (Å²) < 4.78 is 0. The van der Waals surface area contributed by atoms with Crippen LogP contribution < -0.4 is 10.6 Å². The van der Waals surface area contributed by atoms with Crippen LogP contribution in [0.25, 0.3) is 0 Å². The number of hydrogen-bond acceptors (Lipinski definition) is 3. The monoisotopic (exact) mass is 221 g/mol. The van der Waals surface area contributed by atoms with Crippen LogP contribution in [-0.2, 0) is 0 Å². The second-order valence-corrected chi connectivity index (χ2v) is 3.72. The summed E-state index contributed by atoms with van der Waals surface area (Å²) in [7, 11) is 0. The molecule has 0 spiro atoms. The molecule has 5 heteroatoms. The minimum atomic E-state index is -0.118. The van der Waals surface area contributed by atoms with Gasteiger partial charge in [-0.3, -0.25) is 0 Å². The zero-order chi connectivity index (χ0) is 11.4. The molecule has 0 aromatic heterocycles. The van der Waals surface area contributed by atoms with E-state index >= 15 is 0 Å². The largest absolute Gasteiger partial charge is 0.508 e. The lowest BCUT2D eigenvalue weighted by Crippen LogP contribution is -2.48. The molecule has 16 heavy (non-hydrogen) atoms. The summed E-state index contributed by atoms with van der Waals surface area (Å²) in [5.74, 6) is 0.151. The molecule has 1 aromatic carbocycles. The first-order valence-electron chi connectivity index (χ1n) is 5.31. The van der Waals surface area contributed by atoms with Crippen LogP contribution in [0, 0.1) is 0 Å². The van der Waals surface area contributed by atoms with E-state index in [1.165, 1.54) is 6.07 Å². The van der Waals surface area contributed by atoms with E-state index < -0.39 is 0 Å². The van der Waals surface area contributed by atoms with Crippen LogP contribution in [0.4, 0.5) is 10.5 Å². The number of piperazine rings is 1. The highest BCUT2D eigenvalue weighted by molar-refractivity contribution is 5.89. The van der Waals surface area contributed by atoms with E-state index in [9.17, 15) is 9.90 Å². The zero-order valence-electron chi connectivity index (χ0n) is 8.94. The first kappa shape index (κ1) is 10.8. The van der Waals surface area contributed by atoms with Crippen molar-refractivity contribution in [3.63, 3.8) is 0 Å². The average molecular weight is 221 g/mol. The number of carbonyl (C=O) groups excluding carboxylic acids is 1. The van der Waals surface area contributed by atoms with E-state index in [2.05, 4.69) is 10.6 Å². The van der Waals surface area contributed by atoms with Gasteiger partial charge < -0.3 is 20.6 Å². The number of carbonyl (C=O) groups is 1. The molecule has 5 nitrogen and oxygen atoms in total. The summed E-state index contributed by atoms with van der Waals surface area (Å²) in [6.45, 7) is 3.08. The first-order valence-corrected chi connectivity index (χ1v) is 5.31. The van der Waals surface area contributed by atoms with Gasteiger partial charge in [-0.25, -0.2) is 4.79 Å². The Kier molecular flexibility index (Phi) is 3.26. The molecule has 1 heterocycles. The van der Waals surface area contributed by atoms with Gasteiger partial charge in [-0.15, -0.1) is 0 Å². The molecule has 0 aliphatic carbocycles. The van der Waals surface area contributed by atoms with Crippen LogP contribution in [0.1, 0.15) is 0 Å². The second kappa shape index (κ2) is 4.85.